The second-order valence-corrected chi connectivity index (χ2v) is 3.63. The fraction of sp³-hybridized carbons (Fsp3) is 0. The third-order valence-corrected chi connectivity index (χ3v) is 2.31. The van der Waals surface area contributed by atoms with Crippen molar-refractivity contribution in [3.63, 3.8) is 0 Å². The number of amidine groups is 1. The lowest BCUT2D eigenvalue weighted by Gasteiger charge is -1.99. The molecule has 0 bridgehead atoms. The van der Waals surface area contributed by atoms with Crippen LogP contribution in [-0.4, -0.2) is 21.3 Å². The number of para-hydroxylation sites is 2. The van der Waals surface area contributed by atoms with E-state index in [0.717, 1.165) is 0 Å². The summed E-state index contributed by atoms with van der Waals surface area (Å²) in [6, 6.07) is 14.6. The Morgan fingerprint density at radius 1 is 1.00 bits per heavy atom. The van der Waals surface area contributed by atoms with Crippen LogP contribution in [0.15, 0.2) is 53.7 Å². The zero-order valence-electron chi connectivity index (χ0n) is 10.4. The van der Waals surface area contributed by atoms with Crippen molar-refractivity contribution in [2.24, 2.45) is 10.9 Å². The molecule has 2 rings (SSSR count). The van der Waals surface area contributed by atoms with Gasteiger partial charge in [-0.2, -0.15) is 5.26 Å². The van der Waals surface area contributed by atoms with Crippen LogP contribution in [0.4, 0.5) is 0 Å². The second-order valence-electron chi connectivity index (χ2n) is 3.63. The molecule has 0 heterocycles. The third-order valence-electron chi connectivity index (χ3n) is 2.31. The molecule has 0 unspecified atom stereocenters. The van der Waals surface area contributed by atoms with Gasteiger partial charge in [-0.3, -0.25) is 0 Å². The fourth-order valence-corrected chi connectivity index (χ4v) is 1.31. The molecule has 0 aliphatic rings. The molecule has 0 aromatic heterocycles. The first-order chi connectivity index (χ1) is 9.60. The molecule has 0 saturated carbocycles. The van der Waals surface area contributed by atoms with E-state index in [1.165, 1.54) is 12.1 Å². The molecule has 2 aromatic rings. The monoisotopic (exact) mass is 271 g/mol. The first-order valence-electron chi connectivity index (χ1n) is 5.54. The van der Waals surface area contributed by atoms with Crippen molar-refractivity contribution < 1.29 is 15.4 Å². The number of benzene rings is 2. The summed E-state index contributed by atoms with van der Waals surface area (Å²) in [5.41, 5.74) is 5.88. The molecule has 0 spiro atoms. The Bertz CT molecular complexity index is 648. The van der Waals surface area contributed by atoms with E-state index < -0.39 is 0 Å². The van der Waals surface area contributed by atoms with E-state index in [1.54, 1.807) is 36.4 Å². The number of hydrogen-bond acceptors (Lipinski definition) is 5. The van der Waals surface area contributed by atoms with Crippen LogP contribution >= 0.6 is 0 Å². The van der Waals surface area contributed by atoms with Crippen LogP contribution in [0.1, 0.15) is 11.1 Å². The van der Waals surface area contributed by atoms with Gasteiger partial charge in [0.05, 0.1) is 11.1 Å². The average Bonchev–Trinajstić information content (AvgIpc) is 2.48. The molecule has 2 aromatic carbocycles. The number of nitriles is 1. The van der Waals surface area contributed by atoms with Gasteiger partial charge in [-0.1, -0.05) is 29.4 Å². The lowest BCUT2D eigenvalue weighted by Crippen LogP contribution is -2.12. The minimum absolute atomic E-state index is 0.00259. The summed E-state index contributed by atoms with van der Waals surface area (Å²) in [5, 5.41) is 37.4. The van der Waals surface area contributed by atoms with Gasteiger partial charge in [0.15, 0.2) is 5.84 Å². The minimum Gasteiger partial charge on any atom is -0.507 e. The highest BCUT2D eigenvalue weighted by atomic mass is 16.4. The summed E-state index contributed by atoms with van der Waals surface area (Å²) in [6.45, 7) is 0. The molecule has 0 fully saturated rings. The Hall–Kier alpha value is -3.20. The summed E-state index contributed by atoms with van der Waals surface area (Å²) in [5.74, 6) is -0.0501. The summed E-state index contributed by atoms with van der Waals surface area (Å²) in [7, 11) is 0. The van der Waals surface area contributed by atoms with E-state index >= 15 is 0 Å². The van der Waals surface area contributed by atoms with Gasteiger partial charge in [-0.05, 0) is 24.3 Å². The summed E-state index contributed by atoms with van der Waals surface area (Å²) >= 11 is 0. The quantitative estimate of drug-likeness (QED) is 0.272. The van der Waals surface area contributed by atoms with E-state index in [4.69, 9.17) is 26.4 Å². The van der Waals surface area contributed by atoms with E-state index in [2.05, 4.69) is 5.16 Å². The molecule has 6 nitrogen and oxygen atoms in total. The van der Waals surface area contributed by atoms with Gasteiger partial charge >= 0.3 is 0 Å². The van der Waals surface area contributed by atoms with E-state index in [9.17, 15) is 0 Å². The number of hydrogen-bond donors (Lipinski definition) is 4. The van der Waals surface area contributed by atoms with E-state index in [-0.39, 0.29) is 17.3 Å². The SMILES string of the molecule is N#Cc1ccccc1O.NC(=NO)c1ccccc1O. The third kappa shape index (κ3) is 3.92. The number of oxime groups is 1. The lowest BCUT2D eigenvalue weighted by molar-refractivity contribution is 0.318. The predicted molar refractivity (Wildman–Crippen MR) is 73.4 cm³/mol. The van der Waals surface area contributed by atoms with Gasteiger partial charge in [0.2, 0.25) is 0 Å². The number of nitrogens with zero attached hydrogens (tertiary/aromatic N) is 2. The van der Waals surface area contributed by atoms with Gasteiger partial charge in [-0.15, -0.1) is 0 Å². The smallest absolute Gasteiger partial charge is 0.173 e. The van der Waals surface area contributed by atoms with Crippen LogP contribution < -0.4 is 5.73 Å². The summed E-state index contributed by atoms with van der Waals surface area (Å²) in [4.78, 5) is 0. The molecule has 0 aliphatic carbocycles. The number of phenolic OH excluding ortho intramolecular Hbond substituents is 2. The number of rotatable bonds is 1. The van der Waals surface area contributed by atoms with Crippen LogP contribution in [0, 0.1) is 11.3 Å². The van der Waals surface area contributed by atoms with E-state index in [1.807, 2.05) is 6.07 Å². The molecule has 0 radical (unpaired) electrons. The largest absolute Gasteiger partial charge is 0.507 e. The molecule has 0 amide bonds. The van der Waals surface area contributed by atoms with E-state index in [0.29, 0.717) is 11.1 Å². The highest BCUT2D eigenvalue weighted by Gasteiger charge is 2.02. The Morgan fingerprint density at radius 2 is 1.55 bits per heavy atom. The van der Waals surface area contributed by atoms with Crippen molar-refractivity contribution in [1.29, 1.82) is 5.26 Å². The molecular formula is C14H13N3O3. The second kappa shape index (κ2) is 7.28. The average molecular weight is 271 g/mol. The standard InChI is InChI=1S/C7H8N2O2.C7H5NO/c8-7(9-11)5-3-1-2-4-6(5)10;8-5-6-3-1-2-4-7(6)9/h1-4,10-11H,(H2,8,9);1-4,9H. The van der Waals surface area contributed by atoms with Crippen molar-refractivity contribution in [2.75, 3.05) is 0 Å². The molecule has 0 aliphatic heterocycles. The topological polar surface area (TPSA) is 123 Å². The van der Waals surface area contributed by atoms with Crippen molar-refractivity contribution >= 4 is 5.84 Å². The molecular weight excluding hydrogens is 258 g/mol. The Morgan fingerprint density at radius 3 is 2.00 bits per heavy atom. The zero-order valence-corrected chi connectivity index (χ0v) is 10.4. The normalized spacial score (nSPS) is 10.1. The highest BCUT2D eigenvalue weighted by Crippen LogP contribution is 2.14. The molecule has 0 atom stereocenters. The Labute approximate surface area is 115 Å². The molecule has 6 heteroatoms. The van der Waals surface area contributed by atoms with Crippen molar-refractivity contribution in [2.45, 2.75) is 0 Å². The van der Waals surface area contributed by atoms with Crippen LogP contribution in [-0.2, 0) is 0 Å². The van der Waals surface area contributed by atoms with Gasteiger partial charge in [0.25, 0.3) is 0 Å². The van der Waals surface area contributed by atoms with Crippen LogP contribution in [0.2, 0.25) is 0 Å². The fourth-order valence-electron chi connectivity index (χ4n) is 1.31. The highest BCUT2D eigenvalue weighted by molar-refractivity contribution is 5.99. The van der Waals surface area contributed by atoms with Crippen molar-refractivity contribution in [3.8, 4) is 17.6 Å². The summed E-state index contributed by atoms with van der Waals surface area (Å²) < 4.78 is 0. The predicted octanol–water partition coefficient (Wildman–Crippen LogP) is 1.75. The first kappa shape index (κ1) is 14.9. The Kier molecular flexibility index (Phi) is 5.41. The van der Waals surface area contributed by atoms with Gasteiger partial charge in [0, 0.05) is 0 Å². The lowest BCUT2D eigenvalue weighted by atomic mass is 10.2. The van der Waals surface area contributed by atoms with Crippen LogP contribution in [0.3, 0.4) is 0 Å². The maximum Gasteiger partial charge on any atom is 0.173 e. The van der Waals surface area contributed by atoms with Gasteiger partial charge in [-0.25, -0.2) is 0 Å². The van der Waals surface area contributed by atoms with Gasteiger partial charge < -0.3 is 21.2 Å². The van der Waals surface area contributed by atoms with Crippen LogP contribution in [0.25, 0.3) is 0 Å². The molecule has 5 N–H and O–H groups in total. The molecule has 20 heavy (non-hydrogen) atoms. The number of nitrogens with two attached hydrogens (primary N) is 1. The maximum atomic E-state index is 9.14. The first-order valence-corrected chi connectivity index (χ1v) is 5.54. The molecule has 102 valence electrons. The number of phenols is 2. The maximum absolute atomic E-state index is 9.14. The zero-order chi connectivity index (χ0) is 15.0. The Balaban J connectivity index is 0.000000204. The summed E-state index contributed by atoms with van der Waals surface area (Å²) in [6.07, 6.45) is 0. The molecule has 0 saturated heterocycles. The van der Waals surface area contributed by atoms with Gasteiger partial charge in [0.1, 0.15) is 17.6 Å². The van der Waals surface area contributed by atoms with Crippen LogP contribution in [0.5, 0.6) is 11.5 Å². The number of aromatic hydroxyl groups is 2. The van der Waals surface area contributed by atoms with Crippen molar-refractivity contribution in [3.05, 3.63) is 59.7 Å². The minimum atomic E-state index is -0.0944. The van der Waals surface area contributed by atoms with Crippen molar-refractivity contribution in [1.82, 2.24) is 0 Å².